The molecule has 114 valence electrons. The van der Waals surface area contributed by atoms with Crippen LogP contribution >= 0.6 is 11.3 Å². The summed E-state index contributed by atoms with van der Waals surface area (Å²) in [5, 5.41) is 0. The number of carbonyl (C=O) groups is 1. The molecule has 21 heavy (non-hydrogen) atoms. The molecule has 1 atom stereocenters. The van der Waals surface area contributed by atoms with Gasteiger partial charge in [0.15, 0.2) is 0 Å². The number of fused-ring (bicyclic) bond motifs is 1. The topological polar surface area (TPSA) is 81.3 Å². The van der Waals surface area contributed by atoms with Crippen molar-refractivity contribution in [1.29, 1.82) is 0 Å². The zero-order valence-corrected chi connectivity index (χ0v) is 13.3. The van der Waals surface area contributed by atoms with Crippen LogP contribution in [0.15, 0.2) is 12.4 Å². The maximum Gasteiger partial charge on any atom is 0.266 e. The lowest BCUT2D eigenvalue weighted by Gasteiger charge is -2.28. The third-order valence-electron chi connectivity index (χ3n) is 3.48. The molecule has 0 aliphatic carbocycles. The highest BCUT2D eigenvalue weighted by Crippen LogP contribution is 2.31. The minimum atomic E-state index is -0.0799. The Morgan fingerprint density at radius 1 is 1.48 bits per heavy atom. The van der Waals surface area contributed by atoms with E-state index in [-0.39, 0.29) is 11.9 Å². The molecule has 0 spiro atoms. The van der Waals surface area contributed by atoms with E-state index in [4.69, 9.17) is 10.5 Å². The molecule has 0 bridgehead atoms. The van der Waals surface area contributed by atoms with Crippen LogP contribution in [0.5, 0.6) is 0 Å². The Balaban J connectivity index is 2.35. The molecule has 0 radical (unpaired) electrons. The fourth-order valence-electron chi connectivity index (χ4n) is 2.07. The maximum atomic E-state index is 12.8. The van der Waals surface area contributed by atoms with E-state index in [0.29, 0.717) is 34.1 Å². The van der Waals surface area contributed by atoms with Crippen LogP contribution in [0.2, 0.25) is 0 Å². The SMILES string of the molecule is CCC(C)N(CCOC)C(=O)c1sc2nccnc2c1N. The van der Waals surface area contributed by atoms with Gasteiger partial charge in [-0.05, 0) is 13.3 Å². The van der Waals surface area contributed by atoms with Gasteiger partial charge in [-0.2, -0.15) is 0 Å². The van der Waals surface area contributed by atoms with Crippen molar-refractivity contribution in [3.8, 4) is 0 Å². The van der Waals surface area contributed by atoms with Gasteiger partial charge in [-0.1, -0.05) is 6.92 Å². The summed E-state index contributed by atoms with van der Waals surface area (Å²) in [5.41, 5.74) is 7.09. The summed E-state index contributed by atoms with van der Waals surface area (Å²) < 4.78 is 5.10. The summed E-state index contributed by atoms with van der Waals surface area (Å²) in [4.78, 5) is 24.2. The van der Waals surface area contributed by atoms with E-state index in [0.717, 1.165) is 6.42 Å². The standard InChI is InChI=1S/C14H20N4O2S/c1-4-9(2)18(7-8-20-3)14(19)12-10(15)11-13(21-12)17-6-5-16-11/h5-6,9H,4,7-8,15H2,1-3H3. The Morgan fingerprint density at radius 3 is 2.81 bits per heavy atom. The van der Waals surface area contributed by atoms with E-state index in [2.05, 4.69) is 16.9 Å². The van der Waals surface area contributed by atoms with Crippen LogP contribution in [-0.4, -0.2) is 47.1 Å². The van der Waals surface area contributed by atoms with Crippen molar-refractivity contribution in [3.63, 3.8) is 0 Å². The molecule has 1 unspecified atom stereocenters. The van der Waals surface area contributed by atoms with Gasteiger partial charge < -0.3 is 15.4 Å². The monoisotopic (exact) mass is 308 g/mol. The van der Waals surface area contributed by atoms with E-state index in [1.165, 1.54) is 11.3 Å². The molecule has 0 fully saturated rings. The van der Waals surface area contributed by atoms with Gasteiger partial charge in [0.2, 0.25) is 0 Å². The second kappa shape index (κ2) is 6.82. The van der Waals surface area contributed by atoms with E-state index in [1.54, 1.807) is 24.4 Å². The fourth-order valence-corrected chi connectivity index (χ4v) is 3.04. The molecule has 0 saturated carbocycles. The highest BCUT2D eigenvalue weighted by Gasteiger charge is 2.25. The van der Waals surface area contributed by atoms with Crippen molar-refractivity contribution < 1.29 is 9.53 Å². The van der Waals surface area contributed by atoms with Crippen LogP contribution in [0, 0.1) is 0 Å². The van der Waals surface area contributed by atoms with Gasteiger partial charge in [0, 0.05) is 32.1 Å². The van der Waals surface area contributed by atoms with Crippen LogP contribution < -0.4 is 5.73 Å². The van der Waals surface area contributed by atoms with Crippen molar-refractivity contribution in [2.75, 3.05) is 26.0 Å². The molecule has 0 saturated heterocycles. The van der Waals surface area contributed by atoms with Crippen molar-refractivity contribution in [2.45, 2.75) is 26.3 Å². The zero-order valence-electron chi connectivity index (χ0n) is 12.5. The van der Waals surface area contributed by atoms with Crippen molar-refractivity contribution in [1.82, 2.24) is 14.9 Å². The Bertz CT molecular complexity index is 628. The number of hydrogen-bond donors (Lipinski definition) is 1. The summed E-state index contributed by atoms with van der Waals surface area (Å²) in [6, 6.07) is 0.123. The van der Waals surface area contributed by atoms with Crippen LogP contribution in [0.3, 0.4) is 0 Å². The van der Waals surface area contributed by atoms with Crippen LogP contribution in [0.1, 0.15) is 29.9 Å². The molecule has 2 rings (SSSR count). The Labute approximate surface area is 127 Å². The Hall–Kier alpha value is -1.73. The van der Waals surface area contributed by atoms with Crippen LogP contribution in [-0.2, 0) is 4.74 Å². The van der Waals surface area contributed by atoms with Gasteiger partial charge in [-0.3, -0.25) is 4.79 Å². The molecule has 2 aromatic heterocycles. The lowest BCUT2D eigenvalue weighted by molar-refractivity contribution is 0.0620. The number of methoxy groups -OCH3 is 1. The molecule has 2 N–H and O–H groups in total. The predicted octanol–water partition coefficient (Wildman–Crippen LogP) is 2.16. The number of nitrogens with two attached hydrogens (primary N) is 1. The third kappa shape index (κ3) is 3.14. The quantitative estimate of drug-likeness (QED) is 0.884. The molecular formula is C14H20N4O2S. The highest BCUT2D eigenvalue weighted by atomic mass is 32.1. The van der Waals surface area contributed by atoms with E-state index in [9.17, 15) is 4.79 Å². The van der Waals surface area contributed by atoms with Gasteiger partial charge >= 0.3 is 0 Å². The van der Waals surface area contributed by atoms with Gasteiger partial charge in [0.1, 0.15) is 15.2 Å². The predicted molar refractivity (Wildman–Crippen MR) is 84.5 cm³/mol. The summed E-state index contributed by atoms with van der Waals surface area (Å²) >= 11 is 1.29. The molecule has 6 nitrogen and oxygen atoms in total. The largest absolute Gasteiger partial charge is 0.396 e. The highest BCUT2D eigenvalue weighted by molar-refractivity contribution is 7.21. The van der Waals surface area contributed by atoms with Gasteiger partial charge in [-0.25, -0.2) is 9.97 Å². The minimum Gasteiger partial charge on any atom is -0.396 e. The minimum absolute atomic E-state index is 0.0799. The van der Waals surface area contributed by atoms with Crippen molar-refractivity contribution >= 4 is 33.3 Å². The molecule has 7 heteroatoms. The number of rotatable bonds is 6. The number of amides is 1. The normalized spacial score (nSPS) is 12.5. The number of aromatic nitrogens is 2. The number of ether oxygens (including phenoxy) is 1. The Kier molecular flexibility index (Phi) is 5.08. The lowest BCUT2D eigenvalue weighted by Crippen LogP contribution is -2.40. The summed E-state index contributed by atoms with van der Waals surface area (Å²) in [6.07, 6.45) is 4.05. The Morgan fingerprint density at radius 2 is 2.19 bits per heavy atom. The van der Waals surface area contributed by atoms with Gasteiger partial charge in [0.25, 0.3) is 5.91 Å². The number of thiophene rings is 1. The zero-order chi connectivity index (χ0) is 15.4. The fraction of sp³-hybridized carbons (Fsp3) is 0.500. The first kappa shape index (κ1) is 15.7. The van der Waals surface area contributed by atoms with E-state index in [1.807, 2.05) is 6.92 Å². The second-order valence-corrected chi connectivity index (χ2v) is 5.80. The van der Waals surface area contributed by atoms with E-state index >= 15 is 0 Å². The average Bonchev–Trinajstić information content (AvgIpc) is 2.84. The van der Waals surface area contributed by atoms with Crippen LogP contribution in [0.4, 0.5) is 5.69 Å². The first-order chi connectivity index (χ1) is 10.1. The summed E-state index contributed by atoms with van der Waals surface area (Å²) in [5.74, 6) is -0.0799. The lowest BCUT2D eigenvalue weighted by atomic mass is 10.2. The smallest absolute Gasteiger partial charge is 0.266 e. The van der Waals surface area contributed by atoms with Crippen molar-refractivity contribution in [2.24, 2.45) is 0 Å². The van der Waals surface area contributed by atoms with Gasteiger partial charge in [-0.15, -0.1) is 11.3 Å². The number of nitrogens with zero attached hydrogens (tertiary/aromatic N) is 3. The van der Waals surface area contributed by atoms with Crippen LogP contribution in [0.25, 0.3) is 10.3 Å². The second-order valence-electron chi connectivity index (χ2n) is 4.80. The molecular weight excluding hydrogens is 288 g/mol. The van der Waals surface area contributed by atoms with E-state index < -0.39 is 0 Å². The summed E-state index contributed by atoms with van der Waals surface area (Å²) in [6.45, 7) is 5.11. The number of nitrogen functional groups attached to an aromatic ring is 1. The molecule has 2 aromatic rings. The average molecular weight is 308 g/mol. The summed E-state index contributed by atoms with van der Waals surface area (Å²) in [7, 11) is 1.63. The molecule has 1 amide bonds. The first-order valence-corrected chi connectivity index (χ1v) is 7.70. The van der Waals surface area contributed by atoms with Gasteiger partial charge in [0.05, 0.1) is 12.3 Å². The first-order valence-electron chi connectivity index (χ1n) is 6.89. The third-order valence-corrected chi connectivity index (χ3v) is 4.57. The number of anilines is 1. The molecule has 0 aliphatic rings. The molecule has 2 heterocycles. The van der Waals surface area contributed by atoms with Crippen molar-refractivity contribution in [3.05, 3.63) is 17.3 Å². The molecule has 0 aliphatic heterocycles. The maximum absolute atomic E-state index is 12.8. The molecule has 0 aromatic carbocycles. The number of hydrogen-bond acceptors (Lipinski definition) is 6. The number of carbonyl (C=O) groups excluding carboxylic acids is 1.